The molecule has 0 spiro atoms. The van der Waals surface area contributed by atoms with Crippen LogP contribution in [0.5, 0.6) is 11.5 Å². The third-order valence-electron chi connectivity index (χ3n) is 3.87. The Labute approximate surface area is 145 Å². The summed E-state index contributed by atoms with van der Waals surface area (Å²) in [6.07, 6.45) is 0. The van der Waals surface area contributed by atoms with Crippen molar-refractivity contribution in [2.45, 2.75) is 6.92 Å². The van der Waals surface area contributed by atoms with E-state index in [4.69, 9.17) is 9.47 Å². The van der Waals surface area contributed by atoms with Gasteiger partial charge in [-0.2, -0.15) is 0 Å². The Morgan fingerprint density at radius 1 is 0.920 bits per heavy atom. The van der Waals surface area contributed by atoms with E-state index in [9.17, 15) is 4.79 Å². The van der Waals surface area contributed by atoms with Crippen LogP contribution in [0.25, 0.3) is 11.3 Å². The van der Waals surface area contributed by atoms with Gasteiger partial charge in [-0.15, -0.1) is 0 Å². The molecule has 6 nitrogen and oxygen atoms in total. The highest BCUT2D eigenvalue weighted by molar-refractivity contribution is 5.65. The van der Waals surface area contributed by atoms with E-state index in [1.54, 1.807) is 21.1 Å². The molecule has 6 heteroatoms. The molecule has 0 atom stereocenters. The zero-order chi connectivity index (χ0) is 17.8. The van der Waals surface area contributed by atoms with E-state index in [1.165, 1.54) is 0 Å². The van der Waals surface area contributed by atoms with Gasteiger partial charge in [-0.05, 0) is 55.5 Å². The maximum absolute atomic E-state index is 12.3. The molecule has 0 aliphatic rings. The number of H-pyrrole nitrogens is 1. The third kappa shape index (κ3) is 3.63. The molecule has 0 fully saturated rings. The summed E-state index contributed by atoms with van der Waals surface area (Å²) in [5.74, 6) is 1.89. The van der Waals surface area contributed by atoms with Crippen LogP contribution < -0.4 is 20.3 Å². The molecule has 25 heavy (non-hydrogen) atoms. The molecule has 2 aromatic carbocycles. The van der Waals surface area contributed by atoms with Crippen LogP contribution in [0.15, 0.2) is 53.3 Å². The molecule has 128 valence electrons. The standard InChI is InChI=1S/C19H19N3O3/c1-12-17(13-4-8-15(24-2)9-5-13)21-19(22-18(12)23)20-14-6-10-16(25-3)11-7-14/h4-11H,1-3H3,(H2,20,21,22,23). The molecule has 1 aromatic heterocycles. The van der Waals surface area contributed by atoms with Gasteiger partial charge in [0.2, 0.25) is 5.95 Å². The number of anilines is 2. The maximum atomic E-state index is 12.3. The minimum absolute atomic E-state index is 0.183. The average Bonchev–Trinajstić information content (AvgIpc) is 2.65. The summed E-state index contributed by atoms with van der Waals surface area (Å²) >= 11 is 0. The van der Waals surface area contributed by atoms with Gasteiger partial charge >= 0.3 is 0 Å². The van der Waals surface area contributed by atoms with Crippen LogP contribution in [0.2, 0.25) is 0 Å². The smallest absolute Gasteiger partial charge is 0.255 e. The summed E-state index contributed by atoms with van der Waals surface area (Å²) in [6, 6.07) is 14.8. The van der Waals surface area contributed by atoms with Crippen molar-refractivity contribution < 1.29 is 9.47 Å². The summed E-state index contributed by atoms with van der Waals surface area (Å²) in [5, 5.41) is 3.11. The van der Waals surface area contributed by atoms with Gasteiger partial charge in [-0.1, -0.05) is 0 Å². The molecular weight excluding hydrogens is 318 g/mol. The second-order valence-electron chi connectivity index (χ2n) is 5.47. The summed E-state index contributed by atoms with van der Waals surface area (Å²) in [5.41, 5.74) is 2.65. The van der Waals surface area contributed by atoms with Crippen LogP contribution in [0.3, 0.4) is 0 Å². The number of ether oxygens (including phenoxy) is 2. The zero-order valence-corrected chi connectivity index (χ0v) is 14.3. The van der Waals surface area contributed by atoms with Crippen molar-refractivity contribution in [3.05, 3.63) is 64.4 Å². The number of rotatable bonds is 5. The highest BCUT2D eigenvalue weighted by Crippen LogP contribution is 2.24. The molecule has 0 radical (unpaired) electrons. The Bertz CT molecular complexity index is 916. The molecule has 0 aliphatic carbocycles. The number of aromatic nitrogens is 2. The van der Waals surface area contributed by atoms with Gasteiger partial charge in [0.15, 0.2) is 0 Å². The largest absolute Gasteiger partial charge is 0.497 e. The number of hydrogen-bond acceptors (Lipinski definition) is 5. The molecule has 0 saturated heterocycles. The molecular formula is C19H19N3O3. The van der Waals surface area contributed by atoms with Crippen molar-refractivity contribution in [2.24, 2.45) is 0 Å². The molecule has 2 N–H and O–H groups in total. The number of benzene rings is 2. The Morgan fingerprint density at radius 2 is 1.48 bits per heavy atom. The lowest BCUT2D eigenvalue weighted by Crippen LogP contribution is -2.15. The first kappa shape index (κ1) is 16.6. The predicted octanol–water partition coefficient (Wildman–Crippen LogP) is 3.51. The zero-order valence-electron chi connectivity index (χ0n) is 14.3. The molecule has 0 unspecified atom stereocenters. The van der Waals surface area contributed by atoms with E-state index in [0.717, 1.165) is 22.7 Å². The predicted molar refractivity (Wildman–Crippen MR) is 97.9 cm³/mol. The lowest BCUT2D eigenvalue weighted by atomic mass is 10.1. The van der Waals surface area contributed by atoms with Gasteiger partial charge < -0.3 is 14.8 Å². The fraction of sp³-hybridized carbons (Fsp3) is 0.158. The van der Waals surface area contributed by atoms with Gasteiger partial charge in [0.25, 0.3) is 5.56 Å². The first-order chi connectivity index (χ1) is 12.1. The van der Waals surface area contributed by atoms with Gasteiger partial charge in [0.05, 0.1) is 19.9 Å². The summed E-state index contributed by atoms with van der Waals surface area (Å²) < 4.78 is 10.3. The van der Waals surface area contributed by atoms with Crippen molar-refractivity contribution in [2.75, 3.05) is 19.5 Å². The Balaban J connectivity index is 1.95. The minimum Gasteiger partial charge on any atom is -0.497 e. The molecule has 3 aromatic rings. The molecule has 0 amide bonds. The maximum Gasteiger partial charge on any atom is 0.255 e. The van der Waals surface area contributed by atoms with Crippen LogP contribution in [-0.4, -0.2) is 24.2 Å². The van der Waals surface area contributed by atoms with E-state index in [-0.39, 0.29) is 5.56 Å². The van der Waals surface area contributed by atoms with Crippen molar-refractivity contribution >= 4 is 11.6 Å². The Hall–Kier alpha value is -3.28. The Kier molecular flexibility index (Phi) is 4.70. The first-order valence-corrected chi connectivity index (χ1v) is 7.77. The summed E-state index contributed by atoms with van der Waals surface area (Å²) in [7, 11) is 3.23. The van der Waals surface area contributed by atoms with E-state index < -0.39 is 0 Å². The van der Waals surface area contributed by atoms with Crippen LogP contribution in [0, 0.1) is 6.92 Å². The van der Waals surface area contributed by atoms with E-state index in [2.05, 4.69) is 15.3 Å². The molecule has 0 saturated carbocycles. The number of hydrogen-bond donors (Lipinski definition) is 2. The van der Waals surface area contributed by atoms with E-state index in [1.807, 2.05) is 48.5 Å². The normalized spacial score (nSPS) is 10.4. The second-order valence-corrected chi connectivity index (χ2v) is 5.47. The monoisotopic (exact) mass is 337 g/mol. The van der Waals surface area contributed by atoms with Crippen molar-refractivity contribution in [1.82, 2.24) is 9.97 Å². The van der Waals surface area contributed by atoms with Gasteiger partial charge in [0, 0.05) is 16.8 Å². The van der Waals surface area contributed by atoms with Crippen molar-refractivity contribution in [3.8, 4) is 22.8 Å². The van der Waals surface area contributed by atoms with E-state index >= 15 is 0 Å². The van der Waals surface area contributed by atoms with Crippen molar-refractivity contribution in [1.29, 1.82) is 0 Å². The SMILES string of the molecule is COc1ccc(Nc2nc(-c3ccc(OC)cc3)c(C)c(=O)[nH]2)cc1. The quantitative estimate of drug-likeness (QED) is 0.745. The number of aromatic amines is 1. The second kappa shape index (κ2) is 7.09. The van der Waals surface area contributed by atoms with Crippen molar-refractivity contribution in [3.63, 3.8) is 0 Å². The van der Waals surface area contributed by atoms with Crippen LogP contribution >= 0.6 is 0 Å². The lowest BCUT2D eigenvalue weighted by molar-refractivity contribution is 0.415. The molecule has 3 rings (SSSR count). The molecule has 0 aliphatic heterocycles. The van der Waals surface area contributed by atoms with Crippen LogP contribution in [0.4, 0.5) is 11.6 Å². The Morgan fingerprint density at radius 3 is 2.04 bits per heavy atom. The number of nitrogens with zero attached hydrogens (tertiary/aromatic N) is 1. The summed E-state index contributed by atoms with van der Waals surface area (Å²) in [6.45, 7) is 1.75. The van der Waals surface area contributed by atoms with Gasteiger partial charge in [0.1, 0.15) is 11.5 Å². The fourth-order valence-electron chi connectivity index (χ4n) is 2.43. The minimum atomic E-state index is -0.183. The van der Waals surface area contributed by atoms with Gasteiger partial charge in [-0.25, -0.2) is 4.98 Å². The number of nitrogens with one attached hydrogen (secondary N) is 2. The average molecular weight is 337 g/mol. The topological polar surface area (TPSA) is 76.2 Å². The highest BCUT2D eigenvalue weighted by atomic mass is 16.5. The molecule has 0 bridgehead atoms. The third-order valence-corrected chi connectivity index (χ3v) is 3.87. The van der Waals surface area contributed by atoms with E-state index in [0.29, 0.717) is 17.2 Å². The summed E-state index contributed by atoms with van der Waals surface area (Å²) in [4.78, 5) is 19.6. The van der Waals surface area contributed by atoms with Crippen LogP contribution in [0.1, 0.15) is 5.56 Å². The van der Waals surface area contributed by atoms with Crippen LogP contribution in [-0.2, 0) is 0 Å². The fourth-order valence-corrected chi connectivity index (χ4v) is 2.43. The first-order valence-electron chi connectivity index (χ1n) is 7.77. The molecule has 1 heterocycles. The van der Waals surface area contributed by atoms with Gasteiger partial charge in [-0.3, -0.25) is 9.78 Å². The number of methoxy groups -OCH3 is 2. The lowest BCUT2D eigenvalue weighted by Gasteiger charge is -2.10. The highest BCUT2D eigenvalue weighted by Gasteiger charge is 2.10.